The summed E-state index contributed by atoms with van der Waals surface area (Å²) in [6, 6.07) is 24.3. The summed E-state index contributed by atoms with van der Waals surface area (Å²) in [5.74, 6) is -0.375. The number of nitrogens with one attached hydrogen (secondary N) is 1. The van der Waals surface area contributed by atoms with Gasteiger partial charge < -0.3 is 15.2 Å². The third-order valence-corrected chi connectivity index (χ3v) is 7.44. The molecule has 39 heavy (non-hydrogen) atoms. The van der Waals surface area contributed by atoms with E-state index in [-0.39, 0.29) is 12.3 Å². The molecule has 0 bridgehead atoms. The molecule has 1 amide bonds. The van der Waals surface area contributed by atoms with E-state index in [9.17, 15) is 14.7 Å². The lowest BCUT2D eigenvalue weighted by molar-refractivity contribution is -0.151. The standard InChI is InChI=1S/C34H41NO4/c1-4-26-14-16-27(17-15-26)11-9-10-24-39-30-22-19-28(20-23-30)18-21-29-12-7-8-13-31(29)35-32(36)25-34(5-2,6-3)33(37)38/h7-8,12-23H,4-6,9-11,24-25H2,1-3H3,(H,35,36)(H,37,38). The summed E-state index contributed by atoms with van der Waals surface area (Å²) < 4.78 is 5.92. The first kappa shape index (κ1) is 29.7. The highest BCUT2D eigenvalue weighted by Crippen LogP contribution is 2.32. The maximum Gasteiger partial charge on any atom is 0.310 e. The maximum absolute atomic E-state index is 12.7. The van der Waals surface area contributed by atoms with E-state index >= 15 is 0 Å². The number of carboxylic acid groups (broad SMARTS) is 1. The Morgan fingerprint density at radius 1 is 0.846 bits per heavy atom. The minimum Gasteiger partial charge on any atom is -0.494 e. The molecular formula is C34H41NO4. The topological polar surface area (TPSA) is 75.6 Å². The van der Waals surface area contributed by atoms with Crippen LogP contribution in [0.1, 0.15) is 75.1 Å². The number of hydrogen-bond donors (Lipinski definition) is 2. The van der Waals surface area contributed by atoms with Crippen molar-refractivity contribution >= 4 is 29.7 Å². The van der Waals surface area contributed by atoms with Crippen molar-refractivity contribution in [2.45, 2.75) is 65.7 Å². The Morgan fingerprint density at radius 2 is 1.51 bits per heavy atom. The van der Waals surface area contributed by atoms with Gasteiger partial charge in [-0.05, 0) is 79.0 Å². The van der Waals surface area contributed by atoms with Crippen LogP contribution < -0.4 is 10.1 Å². The predicted molar refractivity (Wildman–Crippen MR) is 160 cm³/mol. The van der Waals surface area contributed by atoms with E-state index in [0.717, 1.165) is 42.6 Å². The smallest absolute Gasteiger partial charge is 0.310 e. The van der Waals surface area contributed by atoms with Gasteiger partial charge in [-0.2, -0.15) is 0 Å². The van der Waals surface area contributed by atoms with Crippen molar-refractivity contribution in [3.8, 4) is 5.75 Å². The molecule has 0 saturated carbocycles. The molecule has 0 aromatic heterocycles. The van der Waals surface area contributed by atoms with Crippen LogP contribution in [-0.4, -0.2) is 23.6 Å². The quantitative estimate of drug-likeness (QED) is 0.155. The van der Waals surface area contributed by atoms with Gasteiger partial charge in [-0.15, -0.1) is 0 Å². The van der Waals surface area contributed by atoms with Crippen molar-refractivity contribution in [2.75, 3.05) is 11.9 Å². The number of aryl methyl sites for hydroxylation is 2. The molecule has 3 aromatic carbocycles. The van der Waals surface area contributed by atoms with Gasteiger partial charge in [0.15, 0.2) is 0 Å². The average Bonchev–Trinajstić information content (AvgIpc) is 2.96. The fourth-order valence-corrected chi connectivity index (χ4v) is 4.56. The second-order valence-corrected chi connectivity index (χ2v) is 9.98. The first-order valence-electron chi connectivity index (χ1n) is 14.0. The molecule has 0 unspecified atom stereocenters. The summed E-state index contributed by atoms with van der Waals surface area (Å²) in [4.78, 5) is 24.5. The van der Waals surface area contributed by atoms with E-state index in [1.807, 2.05) is 74.5 Å². The molecule has 0 aliphatic carbocycles. The van der Waals surface area contributed by atoms with Crippen LogP contribution in [0.2, 0.25) is 0 Å². The third-order valence-electron chi connectivity index (χ3n) is 7.44. The van der Waals surface area contributed by atoms with Gasteiger partial charge in [-0.1, -0.05) is 87.5 Å². The number of rotatable bonds is 15. The zero-order valence-electron chi connectivity index (χ0n) is 23.4. The number of benzene rings is 3. The number of ether oxygens (including phenoxy) is 1. The first-order valence-corrected chi connectivity index (χ1v) is 14.0. The van der Waals surface area contributed by atoms with Crippen LogP contribution in [-0.2, 0) is 22.4 Å². The van der Waals surface area contributed by atoms with Crippen molar-refractivity contribution in [3.63, 3.8) is 0 Å². The third kappa shape index (κ3) is 8.85. The number of carbonyl (C=O) groups excluding carboxylic acids is 1. The molecule has 3 aromatic rings. The van der Waals surface area contributed by atoms with Crippen LogP contribution in [0.5, 0.6) is 5.75 Å². The lowest BCUT2D eigenvalue weighted by Crippen LogP contribution is -2.34. The van der Waals surface area contributed by atoms with Crippen molar-refractivity contribution in [1.29, 1.82) is 0 Å². The number of aliphatic carboxylic acids is 1. The van der Waals surface area contributed by atoms with Gasteiger partial charge in [-0.25, -0.2) is 0 Å². The molecule has 0 fully saturated rings. The number of unbranched alkanes of at least 4 members (excludes halogenated alkanes) is 1. The van der Waals surface area contributed by atoms with Crippen LogP contribution >= 0.6 is 0 Å². The normalized spacial score (nSPS) is 11.5. The van der Waals surface area contributed by atoms with Crippen LogP contribution in [0.4, 0.5) is 5.69 Å². The van der Waals surface area contributed by atoms with Crippen molar-refractivity contribution in [2.24, 2.45) is 5.41 Å². The molecule has 0 radical (unpaired) electrons. The molecule has 5 nitrogen and oxygen atoms in total. The summed E-state index contributed by atoms with van der Waals surface area (Å²) in [5, 5.41) is 12.6. The molecule has 2 N–H and O–H groups in total. The van der Waals surface area contributed by atoms with E-state index in [1.54, 1.807) is 0 Å². The van der Waals surface area contributed by atoms with Gasteiger partial charge >= 0.3 is 5.97 Å². The summed E-state index contributed by atoms with van der Waals surface area (Å²) >= 11 is 0. The molecule has 0 heterocycles. The molecule has 0 atom stereocenters. The average molecular weight is 528 g/mol. The van der Waals surface area contributed by atoms with E-state index in [2.05, 4.69) is 36.5 Å². The fraction of sp³-hybridized carbons (Fsp3) is 0.353. The Morgan fingerprint density at radius 3 is 2.15 bits per heavy atom. The lowest BCUT2D eigenvalue weighted by Gasteiger charge is -2.26. The Bertz CT molecular complexity index is 1220. The summed E-state index contributed by atoms with van der Waals surface area (Å²) in [6.07, 6.45) is 8.92. The van der Waals surface area contributed by atoms with E-state index in [1.165, 1.54) is 11.1 Å². The van der Waals surface area contributed by atoms with Crippen molar-refractivity contribution < 1.29 is 19.4 Å². The fourth-order valence-electron chi connectivity index (χ4n) is 4.56. The Labute approximate surface area is 232 Å². The SMILES string of the molecule is CCc1ccc(CCCCOc2ccc(C=Cc3ccccc3NC(=O)CC(CC)(CC)C(=O)O)cc2)cc1. The Kier molecular flexibility index (Phi) is 11.4. The zero-order valence-corrected chi connectivity index (χ0v) is 23.4. The molecule has 206 valence electrons. The monoisotopic (exact) mass is 527 g/mol. The Hall–Kier alpha value is -3.86. The molecule has 0 aliphatic rings. The molecule has 5 heteroatoms. The number of carboxylic acids is 1. The summed E-state index contributed by atoms with van der Waals surface area (Å²) in [5.41, 5.74) is 4.23. The van der Waals surface area contributed by atoms with Crippen molar-refractivity contribution in [1.82, 2.24) is 0 Å². The largest absolute Gasteiger partial charge is 0.494 e. The highest BCUT2D eigenvalue weighted by atomic mass is 16.5. The minimum atomic E-state index is -1.04. The summed E-state index contributed by atoms with van der Waals surface area (Å²) in [7, 11) is 0. The molecule has 0 spiro atoms. The minimum absolute atomic E-state index is 0.0547. The zero-order chi connectivity index (χ0) is 28.1. The van der Waals surface area contributed by atoms with Crippen LogP contribution in [0, 0.1) is 5.41 Å². The van der Waals surface area contributed by atoms with Crippen molar-refractivity contribution in [3.05, 3.63) is 95.1 Å². The second-order valence-electron chi connectivity index (χ2n) is 9.98. The second kappa shape index (κ2) is 14.9. The Balaban J connectivity index is 1.50. The molecule has 0 aliphatic heterocycles. The van der Waals surface area contributed by atoms with Crippen LogP contribution in [0.25, 0.3) is 12.2 Å². The summed E-state index contributed by atoms with van der Waals surface area (Å²) in [6.45, 7) is 6.48. The van der Waals surface area contributed by atoms with Gasteiger partial charge in [-0.3, -0.25) is 9.59 Å². The van der Waals surface area contributed by atoms with Gasteiger partial charge in [0.25, 0.3) is 0 Å². The molecular weight excluding hydrogens is 486 g/mol. The number of hydrogen-bond acceptors (Lipinski definition) is 3. The maximum atomic E-state index is 12.7. The number of anilines is 1. The predicted octanol–water partition coefficient (Wildman–Crippen LogP) is 8.04. The van der Waals surface area contributed by atoms with E-state index in [4.69, 9.17) is 4.74 Å². The highest BCUT2D eigenvalue weighted by molar-refractivity contribution is 5.96. The van der Waals surface area contributed by atoms with Crippen LogP contribution in [0.15, 0.2) is 72.8 Å². The highest BCUT2D eigenvalue weighted by Gasteiger charge is 2.37. The first-order chi connectivity index (χ1) is 18.9. The van der Waals surface area contributed by atoms with Gasteiger partial charge in [0.2, 0.25) is 5.91 Å². The number of carbonyl (C=O) groups is 2. The van der Waals surface area contributed by atoms with Crippen LogP contribution in [0.3, 0.4) is 0 Å². The lowest BCUT2D eigenvalue weighted by atomic mass is 9.79. The molecule has 3 rings (SSSR count). The number of amides is 1. The van der Waals surface area contributed by atoms with Gasteiger partial charge in [0.1, 0.15) is 5.75 Å². The molecule has 0 saturated heterocycles. The van der Waals surface area contributed by atoms with E-state index < -0.39 is 11.4 Å². The van der Waals surface area contributed by atoms with E-state index in [0.29, 0.717) is 25.1 Å². The van der Waals surface area contributed by atoms with Gasteiger partial charge in [0.05, 0.1) is 12.0 Å². The van der Waals surface area contributed by atoms with Gasteiger partial charge in [0, 0.05) is 12.1 Å². The number of para-hydroxylation sites is 1.